The SMILES string of the molecule is CC(C)CCCOC(=O)CCCCCCCCC(=O)Oc1cc(F)cc(F)c1. The van der Waals surface area contributed by atoms with Crippen LogP contribution in [0.15, 0.2) is 18.2 Å². The Bertz CT molecular complexity index is 582. The topological polar surface area (TPSA) is 52.6 Å². The zero-order valence-corrected chi connectivity index (χ0v) is 17.0. The van der Waals surface area contributed by atoms with Crippen LogP contribution in [0.25, 0.3) is 0 Å². The first-order valence-electron chi connectivity index (χ1n) is 10.2. The lowest BCUT2D eigenvalue weighted by Crippen LogP contribution is -2.08. The quantitative estimate of drug-likeness (QED) is 0.220. The molecule has 4 nitrogen and oxygen atoms in total. The van der Waals surface area contributed by atoms with Gasteiger partial charge in [0.05, 0.1) is 6.61 Å². The molecule has 0 heterocycles. The molecule has 1 aromatic rings. The van der Waals surface area contributed by atoms with Gasteiger partial charge in [-0.2, -0.15) is 0 Å². The first-order valence-corrected chi connectivity index (χ1v) is 10.2. The van der Waals surface area contributed by atoms with E-state index < -0.39 is 17.6 Å². The predicted molar refractivity (Wildman–Crippen MR) is 104 cm³/mol. The number of unbranched alkanes of at least 4 members (excludes halogenated alkanes) is 5. The van der Waals surface area contributed by atoms with Crippen molar-refractivity contribution in [3.63, 3.8) is 0 Å². The molecule has 0 radical (unpaired) electrons. The van der Waals surface area contributed by atoms with E-state index in [2.05, 4.69) is 13.8 Å². The van der Waals surface area contributed by atoms with E-state index in [1.54, 1.807) is 0 Å². The molecule has 0 aliphatic heterocycles. The van der Waals surface area contributed by atoms with E-state index >= 15 is 0 Å². The fourth-order valence-electron chi connectivity index (χ4n) is 2.77. The van der Waals surface area contributed by atoms with Crippen LogP contribution in [0.5, 0.6) is 5.75 Å². The van der Waals surface area contributed by atoms with Gasteiger partial charge in [-0.15, -0.1) is 0 Å². The molecule has 0 aliphatic carbocycles. The molecule has 6 heteroatoms. The highest BCUT2D eigenvalue weighted by atomic mass is 19.1. The zero-order chi connectivity index (χ0) is 20.8. The number of carbonyl (C=O) groups excluding carboxylic acids is 2. The average molecular weight is 398 g/mol. The number of rotatable bonds is 14. The van der Waals surface area contributed by atoms with Crippen molar-refractivity contribution in [1.29, 1.82) is 0 Å². The summed E-state index contributed by atoms with van der Waals surface area (Å²) in [6, 6.07) is 2.69. The van der Waals surface area contributed by atoms with Gasteiger partial charge in [0.2, 0.25) is 0 Å². The number of hydrogen-bond donors (Lipinski definition) is 0. The first kappa shape index (κ1) is 24.1. The van der Waals surface area contributed by atoms with Gasteiger partial charge in [0.15, 0.2) is 0 Å². The molecule has 158 valence electrons. The smallest absolute Gasteiger partial charge is 0.311 e. The maximum absolute atomic E-state index is 13.0. The highest BCUT2D eigenvalue weighted by molar-refractivity contribution is 5.72. The zero-order valence-electron chi connectivity index (χ0n) is 17.0. The standard InChI is InChI=1S/C22H32F2O4/c1-17(2)10-9-13-27-21(25)11-7-5-3-4-6-8-12-22(26)28-20-15-18(23)14-19(24)16-20/h14-17H,3-13H2,1-2H3. The summed E-state index contributed by atoms with van der Waals surface area (Å²) in [6.07, 6.45) is 7.90. The van der Waals surface area contributed by atoms with Gasteiger partial charge in [0, 0.05) is 31.0 Å². The average Bonchev–Trinajstić information content (AvgIpc) is 2.60. The highest BCUT2D eigenvalue weighted by Gasteiger charge is 2.08. The van der Waals surface area contributed by atoms with Crippen LogP contribution in [0.3, 0.4) is 0 Å². The second-order valence-corrected chi connectivity index (χ2v) is 7.46. The van der Waals surface area contributed by atoms with E-state index in [0.29, 0.717) is 25.4 Å². The van der Waals surface area contributed by atoms with Gasteiger partial charge < -0.3 is 9.47 Å². The molecule has 1 aromatic carbocycles. The molecule has 1 rings (SSSR count). The molecule has 0 amide bonds. The van der Waals surface area contributed by atoms with Crippen LogP contribution in [0.2, 0.25) is 0 Å². The van der Waals surface area contributed by atoms with E-state index in [-0.39, 0.29) is 18.1 Å². The van der Waals surface area contributed by atoms with E-state index in [0.717, 1.165) is 63.1 Å². The van der Waals surface area contributed by atoms with Crippen LogP contribution >= 0.6 is 0 Å². The number of benzene rings is 1. The number of esters is 2. The summed E-state index contributed by atoms with van der Waals surface area (Å²) in [5, 5.41) is 0. The lowest BCUT2D eigenvalue weighted by molar-refractivity contribution is -0.144. The van der Waals surface area contributed by atoms with Crippen LogP contribution in [-0.2, 0) is 14.3 Å². The summed E-state index contributed by atoms with van der Waals surface area (Å²) in [4.78, 5) is 23.2. The molecule has 0 aliphatic rings. The Labute approximate surface area is 166 Å². The Morgan fingerprint density at radius 2 is 1.36 bits per heavy atom. The molecule has 0 unspecified atom stereocenters. The van der Waals surface area contributed by atoms with Gasteiger partial charge in [-0.25, -0.2) is 8.78 Å². The van der Waals surface area contributed by atoms with Crippen molar-refractivity contribution in [3.05, 3.63) is 29.8 Å². The number of carbonyl (C=O) groups is 2. The second kappa shape index (κ2) is 14.1. The third kappa shape index (κ3) is 12.4. The molecule has 0 saturated carbocycles. The summed E-state index contributed by atoms with van der Waals surface area (Å²) in [5.74, 6) is -1.65. The largest absolute Gasteiger partial charge is 0.466 e. The highest BCUT2D eigenvalue weighted by Crippen LogP contribution is 2.17. The first-order chi connectivity index (χ1) is 13.4. The van der Waals surface area contributed by atoms with Crippen LogP contribution in [0.4, 0.5) is 8.78 Å². The maximum atomic E-state index is 13.0. The lowest BCUT2D eigenvalue weighted by Gasteiger charge is -2.06. The maximum Gasteiger partial charge on any atom is 0.311 e. The van der Waals surface area contributed by atoms with Crippen LogP contribution in [0.1, 0.15) is 78.1 Å². The van der Waals surface area contributed by atoms with Crippen LogP contribution < -0.4 is 4.74 Å². The van der Waals surface area contributed by atoms with Crippen molar-refractivity contribution in [2.24, 2.45) is 5.92 Å². The van der Waals surface area contributed by atoms with Gasteiger partial charge in [-0.05, 0) is 31.6 Å². The van der Waals surface area contributed by atoms with Crippen molar-refractivity contribution < 1.29 is 27.8 Å². The summed E-state index contributed by atoms with van der Waals surface area (Å²) in [6.45, 7) is 4.81. The Kier molecular flexibility index (Phi) is 12.1. The molecule has 0 atom stereocenters. The van der Waals surface area contributed by atoms with Gasteiger partial charge in [0.25, 0.3) is 0 Å². The molecule has 0 bridgehead atoms. The predicted octanol–water partition coefficient (Wildman–Crippen LogP) is 5.97. The Morgan fingerprint density at radius 1 is 0.821 bits per heavy atom. The summed E-state index contributed by atoms with van der Waals surface area (Å²) >= 11 is 0. The fourth-order valence-corrected chi connectivity index (χ4v) is 2.77. The van der Waals surface area contributed by atoms with E-state index in [1.807, 2.05) is 0 Å². The van der Waals surface area contributed by atoms with E-state index in [1.165, 1.54) is 0 Å². The molecular weight excluding hydrogens is 366 g/mol. The fraction of sp³-hybridized carbons (Fsp3) is 0.636. The minimum atomic E-state index is -0.776. The number of hydrogen-bond acceptors (Lipinski definition) is 4. The molecule has 0 saturated heterocycles. The third-order valence-electron chi connectivity index (χ3n) is 4.27. The lowest BCUT2D eigenvalue weighted by atomic mass is 10.1. The van der Waals surface area contributed by atoms with Crippen molar-refractivity contribution in [2.45, 2.75) is 78.1 Å². The van der Waals surface area contributed by atoms with Crippen LogP contribution in [-0.4, -0.2) is 18.5 Å². The van der Waals surface area contributed by atoms with Crippen molar-refractivity contribution in [3.8, 4) is 5.75 Å². The van der Waals surface area contributed by atoms with E-state index in [4.69, 9.17) is 9.47 Å². The minimum absolute atomic E-state index is 0.112. The normalized spacial score (nSPS) is 10.9. The summed E-state index contributed by atoms with van der Waals surface area (Å²) in [7, 11) is 0. The molecule has 0 fully saturated rings. The van der Waals surface area contributed by atoms with Gasteiger partial charge >= 0.3 is 11.9 Å². The molecule has 0 aromatic heterocycles. The molecule has 0 spiro atoms. The molecule has 28 heavy (non-hydrogen) atoms. The van der Waals surface area contributed by atoms with Crippen molar-refractivity contribution >= 4 is 11.9 Å². The van der Waals surface area contributed by atoms with Crippen molar-refractivity contribution in [2.75, 3.05) is 6.61 Å². The Morgan fingerprint density at radius 3 is 1.93 bits per heavy atom. The van der Waals surface area contributed by atoms with Gasteiger partial charge in [-0.3, -0.25) is 9.59 Å². The van der Waals surface area contributed by atoms with Crippen LogP contribution in [0, 0.1) is 17.6 Å². The van der Waals surface area contributed by atoms with Gasteiger partial charge in [-0.1, -0.05) is 39.5 Å². The van der Waals surface area contributed by atoms with Crippen molar-refractivity contribution in [1.82, 2.24) is 0 Å². The number of ether oxygens (including phenoxy) is 2. The number of halogens is 2. The monoisotopic (exact) mass is 398 g/mol. The molecule has 0 N–H and O–H groups in total. The summed E-state index contributed by atoms with van der Waals surface area (Å²) in [5.41, 5.74) is 0. The van der Waals surface area contributed by atoms with Gasteiger partial charge in [0.1, 0.15) is 17.4 Å². The van der Waals surface area contributed by atoms with E-state index in [9.17, 15) is 18.4 Å². The summed E-state index contributed by atoms with van der Waals surface area (Å²) < 4.78 is 36.2. The minimum Gasteiger partial charge on any atom is -0.466 e. The molecular formula is C22H32F2O4. The Balaban J connectivity index is 1.97. The third-order valence-corrected chi connectivity index (χ3v) is 4.27. The Hall–Kier alpha value is -1.98. The second-order valence-electron chi connectivity index (χ2n) is 7.46.